The van der Waals surface area contributed by atoms with Crippen LogP contribution in [0.25, 0.3) is 22.5 Å². The number of aromatic amines is 1. The number of methoxy groups -OCH3 is 1. The molecule has 0 unspecified atom stereocenters. The average molecular weight is 409 g/mol. The highest BCUT2D eigenvalue weighted by molar-refractivity contribution is 5.71. The van der Waals surface area contributed by atoms with Gasteiger partial charge in [-0.2, -0.15) is 5.10 Å². The first kappa shape index (κ1) is 18.9. The van der Waals surface area contributed by atoms with Crippen molar-refractivity contribution in [3.63, 3.8) is 0 Å². The molecule has 30 heavy (non-hydrogen) atoms. The van der Waals surface area contributed by atoms with Gasteiger partial charge in [0, 0.05) is 43.0 Å². The topological polar surface area (TPSA) is 91.8 Å². The van der Waals surface area contributed by atoms with Crippen LogP contribution in [0.5, 0.6) is 5.88 Å². The lowest BCUT2D eigenvalue weighted by molar-refractivity contribution is 0.353. The Hall–Kier alpha value is -3.07. The van der Waals surface area contributed by atoms with E-state index in [0.717, 1.165) is 18.7 Å². The van der Waals surface area contributed by atoms with E-state index in [2.05, 4.69) is 42.6 Å². The maximum absolute atomic E-state index is 14.9. The van der Waals surface area contributed by atoms with Crippen molar-refractivity contribution in [3.05, 3.63) is 36.4 Å². The maximum atomic E-state index is 14.9. The third kappa shape index (κ3) is 3.39. The van der Waals surface area contributed by atoms with Crippen molar-refractivity contribution in [2.24, 2.45) is 0 Å². The molecule has 0 aliphatic carbocycles. The first-order valence-corrected chi connectivity index (χ1v) is 10.2. The second-order valence-corrected chi connectivity index (χ2v) is 8.01. The Bertz CT molecular complexity index is 1010. The van der Waals surface area contributed by atoms with E-state index in [1.54, 1.807) is 6.20 Å². The molecule has 0 saturated carbocycles. The number of piperidine rings is 1. The quantitative estimate of drug-likeness (QED) is 0.669. The van der Waals surface area contributed by atoms with Crippen molar-refractivity contribution in [2.75, 3.05) is 19.1 Å². The van der Waals surface area contributed by atoms with E-state index in [-0.39, 0.29) is 11.4 Å². The fourth-order valence-corrected chi connectivity index (χ4v) is 4.60. The number of rotatable bonds is 5. The summed E-state index contributed by atoms with van der Waals surface area (Å²) in [6.07, 6.45) is 7.88. The Morgan fingerprint density at radius 2 is 1.93 bits per heavy atom. The number of aromatic nitrogens is 5. The SMILES string of the molecule is COc1nc(-c2ccc(N(C)[C@@H]3C[C@H]4CC[C@@H](C3)N4)nn2)cc(F)c1-c1cn[nH]c1. The number of fused-ring (bicyclic) bond motifs is 2. The first-order valence-electron chi connectivity index (χ1n) is 10.2. The van der Waals surface area contributed by atoms with E-state index < -0.39 is 5.82 Å². The van der Waals surface area contributed by atoms with E-state index in [1.807, 2.05) is 12.1 Å². The summed E-state index contributed by atoms with van der Waals surface area (Å²) < 4.78 is 20.2. The van der Waals surface area contributed by atoms with Crippen LogP contribution in [0.1, 0.15) is 25.7 Å². The van der Waals surface area contributed by atoms with Crippen molar-refractivity contribution in [1.82, 2.24) is 30.7 Å². The van der Waals surface area contributed by atoms with Crippen LogP contribution in [0.2, 0.25) is 0 Å². The second kappa shape index (κ2) is 7.64. The zero-order chi connectivity index (χ0) is 20.7. The fraction of sp³-hybridized carbons (Fsp3) is 0.429. The van der Waals surface area contributed by atoms with Crippen LogP contribution in [0, 0.1) is 5.82 Å². The summed E-state index contributed by atoms with van der Waals surface area (Å²) in [7, 11) is 3.53. The summed E-state index contributed by atoms with van der Waals surface area (Å²) in [6, 6.07) is 6.76. The number of anilines is 1. The van der Waals surface area contributed by atoms with Crippen LogP contribution in [-0.2, 0) is 0 Å². The zero-order valence-corrected chi connectivity index (χ0v) is 17.0. The minimum absolute atomic E-state index is 0.180. The molecule has 3 aromatic heterocycles. The van der Waals surface area contributed by atoms with E-state index in [0.29, 0.717) is 35.1 Å². The van der Waals surface area contributed by atoms with Gasteiger partial charge >= 0.3 is 0 Å². The van der Waals surface area contributed by atoms with Crippen LogP contribution < -0.4 is 15.0 Å². The normalized spacial score (nSPS) is 22.8. The highest BCUT2D eigenvalue weighted by Gasteiger charge is 2.35. The molecule has 3 atom stereocenters. The number of H-pyrrole nitrogens is 1. The minimum atomic E-state index is -0.452. The molecule has 5 rings (SSSR count). The lowest BCUT2D eigenvalue weighted by Crippen LogP contribution is -2.47. The molecule has 0 radical (unpaired) electrons. The largest absolute Gasteiger partial charge is 0.480 e. The molecular weight excluding hydrogens is 385 g/mol. The van der Waals surface area contributed by atoms with E-state index in [9.17, 15) is 4.39 Å². The molecular formula is C21H24FN7O. The molecule has 2 aliphatic heterocycles. The zero-order valence-electron chi connectivity index (χ0n) is 17.0. The fourth-order valence-electron chi connectivity index (χ4n) is 4.60. The molecule has 2 bridgehead atoms. The molecule has 2 N–H and O–H groups in total. The summed E-state index contributed by atoms with van der Waals surface area (Å²) in [6.45, 7) is 0. The van der Waals surface area contributed by atoms with Gasteiger partial charge < -0.3 is 15.0 Å². The third-order valence-electron chi connectivity index (χ3n) is 6.19. The van der Waals surface area contributed by atoms with Crippen molar-refractivity contribution in [2.45, 2.75) is 43.8 Å². The van der Waals surface area contributed by atoms with E-state index in [4.69, 9.17) is 4.74 Å². The predicted molar refractivity (Wildman–Crippen MR) is 111 cm³/mol. The number of pyridine rings is 1. The van der Waals surface area contributed by atoms with Crippen LogP contribution in [0.4, 0.5) is 10.2 Å². The van der Waals surface area contributed by atoms with Crippen LogP contribution in [0.3, 0.4) is 0 Å². The lowest BCUT2D eigenvalue weighted by atomic mass is 9.98. The molecule has 0 aromatic carbocycles. The Morgan fingerprint density at radius 1 is 1.13 bits per heavy atom. The summed E-state index contributed by atoms with van der Waals surface area (Å²) in [4.78, 5) is 6.65. The highest BCUT2D eigenvalue weighted by Crippen LogP contribution is 2.34. The van der Waals surface area contributed by atoms with Crippen molar-refractivity contribution >= 4 is 5.82 Å². The van der Waals surface area contributed by atoms with E-state index in [1.165, 1.54) is 32.2 Å². The van der Waals surface area contributed by atoms with Crippen molar-refractivity contribution in [3.8, 4) is 28.4 Å². The number of halogens is 1. The van der Waals surface area contributed by atoms with E-state index >= 15 is 0 Å². The Kier molecular flexibility index (Phi) is 4.82. The smallest absolute Gasteiger partial charge is 0.224 e. The van der Waals surface area contributed by atoms with Gasteiger partial charge in [-0.3, -0.25) is 5.10 Å². The monoisotopic (exact) mass is 409 g/mol. The van der Waals surface area contributed by atoms with Gasteiger partial charge in [-0.15, -0.1) is 10.2 Å². The van der Waals surface area contributed by atoms with Gasteiger partial charge in [0.2, 0.25) is 5.88 Å². The van der Waals surface area contributed by atoms with Crippen molar-refractivity contribution < 1.29 is 9.13 Å². The highest BCUT2D eigenvalue weighted by atomic mass is 19.1. The van der Waals surface area contributed by atoms with Gasteiger partial charge in [0.1, 0.15) is 11.5 Å². The van der Waals surface area contributed by atoms with Crippen molar-refractivity contribution in [1.29, 1.82) is 0 Å². The molecule has 9 heteroatoms. The summed E-state index contributed by atoms with van der Waals surface area (Å²) in [5, 5.41) is 18.9. The molecule has 2 aliphatic rings. The van der Waals surface area contributed by atoms with Gasteiger partial charge in [0.25, 0.3) is 0 Å². The molecule has 8 nitrogen and oxygen atoms in total. The first-order chi connectivity index (χ1) is 14.6. The third-order valence-corrected chi connectivity index (χ3v) is 6.19. The maximum Gasteiger partial charge on any atom is 0.224 e. The van der Waals surface area contributed by atoms with Gasteiger partial charge in [-0.1, -0.05) is 0 Å². The number of hydrogen-bond acceptors (Lipinski definition) is 7. The molecule has 2 fully saturated rings. The summed E-state index contributed by atoms with van der Waals surface area (Å²) in [5.74, 6) is 0.540. The Labute approximate surface area is 173 Å². The lowest BCUT2D eigenvalue weighted by Gasteiger charge is -2.36. The molecule has 2 saturated heterocycles. The second-order valence-electron chi connectivity index (χ2n) is 8.01. The Balaban J connectivity index is 1.39. The molecule has 3 aromatic rings. The number of ether oxygens (including phenoxy) is 1. The Morgan fingerprint density at radius 3 is 2.57 bits per heavy atom. The number of hydrogen-bond donors (Lipinski definition) is 2. The summed E-state index contributed by atoms with van der Waals surface area (Å²) in [5.41, 5.74) is 1.70. The molecule has 156 valence electrons. The minimum Gasteiger partial charge on any atom is -0.480 e. The van der Waals surface area contributed by atoms with Crippen LogP contribution >= 0.6 is 0 Å². The predicted octanol–water partition coefficient (Wildman–Crippen LogP) is 2.80. The van der Waals surface area contributed by atoms with Gasteiger partial charge in [0.15, 0.2) is 5.82 Å². The molecule has 0 amide bonds. The van der Waals surface area contributed by atoms with Gasteiger partial charge in [0.05, 0.1) is 24.6 Å². The standard InChI is InChI=1S/C21H24FN7O/c1-29(15-7-13-3-4-14(8-15)25-13)19-6-5-17(27-28-19)18-9-16(22)20(21(26-18)30-2)12-10-23-24-11-12/h5-6,9-11,13-15,25H,3-4,7-8H2,1-2H3,(H,23,24)/t13-,14+,15-. The number of nitrogens with zero attached hydrogens (tertiary/aromatic N) is 5. The van der Waals surface area contributed by atoms with Gasteiger partial charge in [-0.25, -0.2) is 9.37 Å². The van der Waals surface area contributed by atoms with Crippen LogP contribution in [-0.4, -0.2) is 57.7 Å². The molecule has 5 heterocycles. The summed E-state index contributed by atoms with van der Waals surface area (Å²) >= 11 is 0. The molecule has 0 spiro atoms. The average Bonchev–Trinajstić information content (AvgIpc) is 3.42. The van der Waals surface area contributed by atoms with Crippen LogP contribution in [0.15, 0.2) is 30.6 Å². The number of nitrogens with one attached hydrogen (secondary N) is 2. The van der Waals surface area contributed by atoms with Gasteiger partial charge in [-0.05, 0) is 37.8 Å².